The van der Waals surface area contributed by atoms with Crippen molar-refractivity contribution in [3.8, 4) is 0 Å². The van der Waals surface area contributed by atoms with E-state index < -0.39 is 0 Å². The Kier molecular flexibility index (Phi) is 5.33. The SMILES string of the molecule is CN1C(=O)CCc2cc(N3CCN(C(=O)CCc4ccccc4)CC3)ccc21. The summed E-state index contributed by atoms with van der Waals surface area (Å²) in [5.74, 6) is 0.428. The number of nitrogens with zero attached hydrogens (tertiary/aromatic N) is 3. The molecule has 0 bridgehead atoms. The number of hydrogen-bond acceptors (Lipinski definition) is 3. The number of hydrogen-bond donors (Lipinski definition) is 0. The van der Waals surface area contributed by atoms with Crippen LogP contribution in [0.5, 0.6) is 0 Å². The van der Waals surface area contributed by atoms with Crippen LogP contribution in [0, 0.1) is 0 Å². The number of amides is 2. The predicted octanol–water partition coefficient (Wildman–Crippen LogP) is 2.88. The van der Waals surface area contributed by atoms with Gasteiger partial charge in [-0.3, -0.25) is 9.59 Å². The summed E-state index contributed by atoms with van der Waals surface area (Å²) < 4.78 is 0. The van der Waals surface area contributed by atoms with E-state index >= 15 is 0 Å². The first kappa shape index (κ1) is 18.5. The second kappa shape index (κ2) is 8.05. The average molecular weight is 377 g/mol. The maximum Gasteiger partial charge on any atom is 0.227 e. The molecular weight excluding hydrogens is 350 g/mol. The van der Waals surface area contributed by atoms with Crippen molar-refractivity contribution in [2.45, 2.75) is 25.7 Å². The first-order chi connectivity index (χ1) is 13.6. The molecule has 2 amide bonds. The fourth-order valence-electron chi connectivity index (χ4n) is 4.11. The monoisotopic (exact) mass is 377 g/mol. The van der Waals surface area contributed by atoms with Gasteiger partial charge in [0.25, 0.3) is 0 Å². The van der Waals surface area contributed by atoms with Crippen LogP contribution in [0.4, 0.5) is 11.4 Å². The highest BCUT2D eigenvalue weighted by molar-refractivity contribution is 5.96. The van der Waals surface area contributed by atoms with Gasteiger partial charge in [-0.05, 0) is 42.2 Å². The van der Waals surface area contributed by atoms with Crippen LogP contribution in [0.1, 0.15) is 24.0 Å². The van der Waals surface area contributed by atoms with E-state index in [1.54, 1.807) is 4.90 Å². The normalized spacial score (nSPS) is 16.9. The van der Waals surface area contributed by atoms with E-state index in [4.69, 9.17) is 0 Å². The van der Waals surface area contributed by atoms with Crippen LogP contribution in [-0.4, -0.2) is 49.9 Å². The minimum atomic E-state index is 0.183. The van der Waals surface area contributed by atoms with Crippen LogP contribution in [0.15, 0.2) is 48.5 Å². The van der Waals surface area contributed by atoms with Crippen LogP contribution in [0.25, 0.3) is 0 Å². The molecule has 2 aliphatic heterocycles. The molecule has 0 atom stereocenters. The lowest BCUT2D eigenvalue weighted by atomic mass is 10.0. The largest absolute Gasteiger partial charge is 0.368 e. The number of piperazine rings is 1. The van der Waals surface area contributed by atoms with Crippen molar-refractivity contribution in [3.05, 3.63) is 59.7 Å². The number of anilines is 2. The Labute approximate surface area is 166 Å². The van der Waals surface area contributed by atoms with E-state index in [1.165, 1.54) is 16.8 Å². The third-order valence-corrected chi connectivity index (χ3v) is 5.87. The Bertz CT molecular complexity index is 857. The van der Waals surface area contributed by atoms with E-state index in [2.05, 4.69) is 35.2 Å². The van der Waals surface area contributed by atoms with Gasteiger partial charge in [0.05, 0.1) is 0 Å². The molecule has 1 fully saturated rings. The molecule has 2 heterocycles. The molecule has 0 saturated carbocycles. The second-order valence-electron chi connectivity index (χ2n) is 7.62. The van der Waals surface area contributed by atoms with Gasteiger partial charge in [-0.15, -0.1) is 0 Å². The highest BCUT2D eigenvalue weighted by Gasteiger charge is 2.24. The smallest absolute Gasteiger partial charge is 0.227 e. The molecular formula is C23H27N3O2. The molecule has 146 valence electrons. The maximum absolute atomic E-state index is 12.5. The van der Waals surface area contributed by atoms with Gasteiger partial charge in [-0.1, -0.05) is 30.3 Å². The average Bonchev–Trinajstić information content (AvgIpc) is 2.75. The van der Waals surface area contributed by atoms with Gasteiger partial charge < -0.3 is 14.7 Å². The van der Waals surface area contributed by atoms with E-state index in [1.807, 2.05) is 30.1 Å². The van der Waals surface area contributed by atoms with Crippen LogP contribution in [-0.2, 0) is 22.4 Å². The second-order valence-corrected chi connectivity index (χ2v) is 7.62. The summed E-state index contributed by atoms with van der Waals surface area (Å²) >= 11 is 0. The van der Waals surface area contributed by atoms with Crippen molar-refractivity contribution < 1.29 is 9.59 Å². The Morgan fingerprint density at radius 3 is 2.46 bits per heavy atom. The molecule has 0 N–H and O–H groups in total. The number of carbonyl (C=O) groups excluding carboxylic acids is 2. The Balaban J connectivity index is 1.33. The van der Waals surface area contributed by atoms with Crippen LogP contribution in [0.3, 0.4) is 0 Å². The minimum absolute atomic E-state index is 0.183. The maximum atomic E-state index is 12.5. The van der Waals surface area contributed by atoms with E-state index in [0.717, 1.165) is 44.7 Å². The molecule has 4 rings (SSSR count). The summed E-state index contributed by atoms with van der Waals surface area (Å²) in [5.41, 5.74) is 4.67. The first-order valence-corrected chi connectivity index (χ1v) is 10.1. The summed E-state index contributed by atoms with van der Waals surface area (Å²) in [4.78, 5) is 30.5. The Hall–Kier alpha value is -2.82. The third-order valence-electron chi connectivity index (χ3n) is 5.87. The number of fused-ring (bicyclic) bond motifs is 1. The van der Waals surface area contributed by atoms with Gasteiger partial charge in [0.1, 0.15) is 0 Å². The van der Waals surface area contributed by atoms with Crippen molar-refractivity contribution in [1.29, 1.82) is 0 Å². The summed E-state index contributed by atoms with van der Waals surface area (Å²) in [6.45, 7) is 3.24. The minimum Gasteiger partial charge on any atom is -0.368 e. The van der Waals surface area contributed by atoms with Gasteiger partial charge >= 0.3 is 0 Å². The summed E-state index contributed by atoms with van der Waals surface area (Å²) in [7, 11) is 1.85. The zero-order valence-corrected chi connectivity index (χ0v) is 16.4. The standard InChI is InChI=1S/C23H27N3O2/c1-24-21-10-9-20(17-19(21)8-12-22(24)27)25-13-15-26(16-14-25)23(28)11-7-18-5-3-2-4-6-18/h2-6,9-10,17H,7-8,11-16H2,1H3. The van der Waals surface area contributed by atoms with Gasteiger partial charge in [0.15, 0.2) is 0 Å². The molecule has 2 aliphatic rings. The molecule has 0 aliphatic carbocycles. The zero-order chi connectivity index (χ0) is 19.5. The number of aryl methyl sites for hydroxylation is 2. The topological polar surface area (TPSA) is 43.9 Å². The molecule has 0 aromatic heterocycles. The lowest BCUT2D eigenvalue weighted by Gasteiger charge is -2.37. The van der Waals surface area contributed by atoms with E-state index in [-0.39, 0.29) is 11.8 Å². The van der Waals surface area contributed by atoms with Gasteiger partial charge in [-0.2, -0.15) is 0 Å². The molecule has 0 radical (unpaired) electrons. The Morgan fingerprint density at radius 1 is 0.964 bits per heavy atom. The van der Waals surface area contributed by atoms with Gasteiger partial charge in [0.2, 0.25) is 11.8 Å². The van der Waals surface area contributed by atoms with Crippen molar-refractivity contribution in [2.75, 3.05) is 43.0 Å². The molecule has 28 heavy (non-hydrogen) atoms. The molecule has 2 aromatic rings. The fraction of sp³-hybridized carbons (Fsp3) is 0.391. The van der Waals surface area contributed by atoms with Crippen molar-refractivity contribution >= 4 is 23.2 Å². The highest BCUT2D eigenvalue weighted by Crippen LogP contribution is 2.31. The number of rotatable bonds is 4. The van der Waals surface area contributed by atoms with Crippen LogP contribution >= 0.6 is 0 Å². The van der Waals surface area contributed by atoms with Crippen LogP contribution in [0.2, 0.25) is 0 Å². The number of carbonyl (C=O) groups is 2. The Morgan fingerprint density at radius 2 is 1.71 bits per heavy atom. The van der Waals surface area contributed by atoms with Crippen molar-refractivity contribution in [3.63, 3.8) is 0 Å². The summed E-state index contributed by atoms with van der Waals surface area (Å²) in [5, 5.41) is 0. The lowest BCUT2D eigenvalue weighted by molar-refractivity contribution is -0.131. The van der Waals surface area contributed by atoms with Crippen molar-refractivity contribution in [2.24, 2.45) is 0 Å². The number of benzene rings is 2. The molecule has 5 heteroatoms. The molecule has 0 spiro atoms. The summed E-state index contributed by atoms with van der Waals surface area (Å²) in [6.07, 6.45) is 2.76. The van der Waals surface area contributed by atoms with E-state index in [9.17, 15) is 9.59 Å². The quantitative estimate of drug-likeness (QED) is 0.823. The van der Waals surface area contributed by atoms with Crippen LogP contribution < -0.4 is 9.80 Å². The molecule has 1 saturated heterocycles. The van der Waals surface area contributed by atoms with Crippen molar-refractivity contribution in [1.82, 2.24) is 4.90 Å². The first-order valence-electron chi connectivity index (χ1n) is 10.1. The summed E-state index contributed by atoms with van der Waals surface area (Å²) in [6, 6.07) is 16.6. The highest BCUT2D eigenvalue weighted by atomic mass is 16.2. The fourth-order valence-corrected chi connectivity index (χ4v) is 4.11. The van der Waals surface area contributed by atoms with Gasteiger partial charge in [0, 0.05) is 57.4 Å². The molecule has 2 aromatic carbocycles. The van der Waals surface area contributed by atoms with Gasteiger partial charge in [-0.25, -0.2) is 0 Å². The molecule has 5 nitrogen and oxygen atoms in total. The lowest BCUT2D eigenvalue weighted by Crippen LogP contribution is -2.49. The third kappa shape index (κ3) is 3.88. The predicted molar refractivity (Wildman–Crippen MR) is 112 cm³/mol. The van der Waals surface area contributed by atoms with E-state index in [0.29, 0.717) is 12.8 Å². The molecule has 0 unspecified atom stereocenters. The zero-order valence-electron chi connectivity index (χ0n) is 16.4.